The van der Waals surface area contributed by atoms with Crippen LogP contribution in [0.1, 0.15) is 23.9 Å². The molecule has 0 fully saturated rings. The van der Waals surface area contributed by atoms with E-state index in [2.05, 4.69) is 5.10 Å². The zero-order chi connectivity index (χ0) is 13.3. The summed E-state index contributed by atoms with van der Waals surface area (Å²) >= 11 is 0. The lowest BCUT2D eigenvalue weighted by molar-refractivity contribution is 0.625. The molecule has 0 saturated carbocycles. The molecule has 1 atom stereocenters. The van der Waals surface area contributed by atoms with Crippen LogP contribution in [0.15, 0.2) is 24.3 Å². The highest BCUT2D eigenvalue weighted by Gasteiger charge is 2.14. The predicted octanol–water partition coefficient (Wildman–Crippen LogP) is 2.52. The Labute approximate surface area is 106 Å². The van der Waals surface area contributed by atoms with Gasteiger partial charge in [0, 0.05) is 11.7 Å². The number of aromatic nitrogens is 2. The summed E-state index contributed by atoms with van der Waals surface area (Å²) in [5.41, 5.74) is 9.70. The van der Waals surface area contributed by atoms with E-state index < -0.39 is 0 Å². The largest absolute Gasteiger partial charge is 0.328 e. The first kappa shape index (κ1) is 12.8. The van der Waals surface area contributed by atoms with E-state index in [-0.39, 0.29) is 11.9 Å². The smallest absolute Gasteiger partial charge is 0.125 e. The van der Waals surface area contributed by atoms with Crippen LogP contribution in [-0.2, 0) is 6.42 Å². The molecule has 1 aromatic heterocycles. The van der Waals surface area contributed by atoms with Gasteiger partial charge in [-0.15, -0.1) is 0 Å². The third-order valence-corrected chi connectivity index (χ3v) is 3.02. The fourth-order valence-electron chi connectivity index (χ4n) is 2.15. The maximum Gasteiger partial charge on any atom is 0.125 e. The first-order chi connectivity index (χ1) is 8.49. The molecule has 3 nitrogen and oxygen atoms in total. The zero-order valence-corrected chi connectivity index (χ0v) is 10.9. The van der Waals surface area contributed by atoms with E-state index in [0.717, 1.165) is 29.1 Å². The van der Waals surface area contributed by atoms with Crippen molar-refractivity contribution < 1.29 is 4.39 Å². The van der Waals surface area contributed by atoms with Gasteiger partial charge in [0.25, 0.3) is 0 Å². The van der Waals surface area contributed by atoms with Crippen LogP contribution in [0.2, 0.25) is 0 Å². The molecule has 2 aromatic rings. The van der Waals surface area contributed by atoms with Crippen LogP contribution < -0.4 is 5.73 Å². The Balaban J connectivity index is 2.47. The second-order valence-electron chi connectivity index (χ2n) is 4.72. The summed E-state index contributed by atoms with van der Waals surface area (Å²) in [6.07, 6.45) is 0.785. The molecule has 0 saturated heterocycles. The topological polar surface area (TPSA) is 43.8 Å². The SMILES string of the molecule is Cc1nn(-c2cccc(F)c2)c(C)c1CC(C)N. The summed E-state index contributed by atoms with van der Waals surface area (Å²) in [5.74, 6) is -0.256. The lowest BCUT2D eigenvalue weighted by Crippen LogP contribution is -2.18. The molecule has 96 valence electrons. The van der Waals surface area contributed by atoms with E-state index in [4.69, 9.17) is 5.73 Å². The number of hydrogen-bond donors (Lipinski definition) is 1. The van der Waals surface area contributed by atoms with E-state index >= 15 is 0 Å². The first-order valence-electron chi connectivity index (χ1n) is 6.05. The lowest BCUT2D eigenvalue weighted by Gasteiger charge is -2.07. The molecule has 0 aliphatic carbocycles. The molecule has 18 heavy (non-hydrogen) atoms. The van der Waals surface area contributed by atoms with Crippen LogP contribution in [0, 0.1) is 19.7 Å². The second-order valence-corrected chi connectivity index (χ2v) is 4.72. The number of nitrogens with two attached hydrogens (primary N) is 1. The molecule has 0 aliphatic rings. The molecule has 0 aliphatic heterocycles. The third kappa shape index (κ3) is 2.43. The monoisotopic (exact) mass is 247 g/mol. The molecular formula is C14H18FN3. The summed E-state index contributed by atoms with van der Waals surface area (Å²) in [5, 5.41) is 4.47. The Hall–Kier alpha value is -1.68. The van der Waals surface area contributed by atoms with Gasteiger partial charge >= 0.3 is 0 Å². The number of rotatable bonds is 3. The normalized spacial score (nSPS) is 12.7. The third-order valence-electron chi connectivity index (χ3n) is 3.02. The highest BCUT2D eigenvalue weighted by Crippen LogP contribution is 2.19. The molecule has 1 aromatic carbocycles. The van der Waals surface area contributed by atoms with Crippen molar-refractivity contribution in [2.75, 3.05) is 0 Å². The summed E-state index contributed by atoms with van der Waals surface area (Å²) in [4.78, 5) is 0. The number of halogens is 1. The first-order valence-corrected chi connectivity index (χ1v) is 6.05. The molecule has 0 radical (unpaired) electrons. The molecule has 1 unspecified atom stereocenters. The van der Waals surface area contributed by atoms with Gasteiger partial charge in [-0.3, -0.25) is 0 Å². The van der Waals surface area contributed by atoms with Crippen molar-refractivity contribution in [2.24, 2.45) is 5.73 Å². The fraction of sp³-hybridized carbons (Fsp3) is 0.357. The van der Waals surface area contributed by atoms with Gasteiger partial charge < -0.3 is 5.73 Å². The Kier molecular flexibility index (Phi) is 3.48. The summed E-state index contributed by atoms with van der Waals surface area (Å²) < 4.78 is 15.0. The minimum Gasteiger partial charge on any atom is -0.328 e. The summed E-state index contributed by atoms with van der Waals surface area (Å²) in [6.45, 7) is 5.92. The average molecular weight is 247 g/mol. The van der Waals surface area contributed by atoms with Gasteiger partial charge in [0.15, 0.2) is 0 Å². The minimum atomic E-state index is -0.256. The number of benzene rings is 1. The Morgan fingerprint density at radius 2 is 2.11 bits per heavy atom. The number of hydrogen-bond acceptors (Lipinski definition) is 2. The van der Waals surface area contributed by atoms with Gasteiger partial charge in [-0.25, -0.2) is 9.07 Å². The van der Waals surface area contributed by atoms with E-state index in [1.165, 1.54) is 12.1 Å². The fourth-order valence-corrected chi connectivity index (χ4v) is 2.15. The quantitative estimate of drug-likeness (QED) is 0.905. The van der Waals surface area contributed by atoms with Gasteiger partial charge in [0.05, 0.1) is 11.4 Å². The highest BCUT2D eigenvalue weighted by atomic mass is 19.1. The molecular weight excluding hydrogens is 229 g/mol. The molecule has 0 bridgehead atoms. The van der Waals surface area contributed by atoms with E-state index in [0.29, 0.717) is 0 Å². The standard InChI is InChI=1S/C14H18FN3/c1-9(16)7-14-10(2)17-18(11(14)3)13-6-4-5-12(15)8-13/h4-6,8-9H,7,16H2,1-3H3. The van der Waals surface area contributed by atoms with Gasteiger partial charge in [0.1, 0.15) is 5.82 Å². The van der Waals surface area contributed by atoms with E-state index in [9.17, 15) is 4.39 Å². The van der Waals surface area contributed by atoms with Crippen molar-refractivity contribution in [2.45, 2.75) is 33.2 Å². The van der Waals surface area contributed by atoms with Crippen molar-refractivity contribution in [3.8, 4) is 5.69 Å². The van der Waals surface area contributed by atoms with E-state index in [1.54, 1.807) is 10.7 Å². The molecule has 0 amide bonds. The van der Waals surface area contributed by atoms with Gasteiger partial charge in [-0.2, -0.15) is 5.10 Å². The van der Waals surface area contributed by atoms with Crippen LogP contribution in [0.3, 0.4) is 0 Å². The highest BCUT2D eigenvalue weighted by molar-refractivity contribution is 5.37. The van der Waals surface area contributed by atoms with Gasteiger partial charge in [0.2, 0.25) is 0 Å². The molecule has 4 heteroatoms. The number of nitrogens with zero attached hydrogens (tertiary/aromatic N) is 2. The second kappa shape index (κ2) is 4.90. The van der Waals surface area contributed by atoms with Crippen LogP contribution >= 0.6 is 0 Å². The van der Waals surface area contributed by atoms with Crippen LogP contribution in [-0.4, -0.2) is 15.8 Å². The molecule has 0 spiro atoms. The van der Waals surface area contributed by atoms with Crippen molar-refractivity contribution in [1.29, 1.82) is 0 Å². The summed E-state index contributed by atoms with van der Waals surface area (Å²) in [6, 6.07) is 6.53. The van der Waals surface area contributed by atoms with Crippen molar-refractivity contribution >= 4 is 0 Å². The maximum absolute atomic E-state index is 13.2. The Morgan fingerprint density at radius 3 is 2.72 bits per heavy atom. The Bertz CT molecular complexity index is 558. The molecule has 2 rings (SSSR count). The zero-order valence-electron chi connectivity index (χ0n) is 10.9. The molecule has 1 heterocycles. The van der Waals surface area contributed by atoms with E-state index in [1.807, 2.05) is 26.8 Å². The van der Waals surface area contributed by atoms with Crippen molar-refractivity contribution in [3.63, 3.8) is 0 Å². The summed E-state index contributed by atoms with van der Waals surface area (Å²) in [7, 11) is 0. The average Bonchev–Trinajstić information content (AvgIpc) is 2.56. The Morgan fingerprint density at radius 1 is 1.39 bits per heavy atom. The number of aryl methyl sites for hydroxylation is 1. The van der Waals surface area contributed by atoms with Crippen molar-refractivity contribution in [3.05, 3.63) is 47.0 Å². The van der Waals surface area contributed by atoms with Crippen LogP contribution in [0.25, 0.3) is 5.69 Å². The minimum absolute atomic E-state index is 0.0903. The maximum atomic E-state index is 13.2. The van der Waals surface area contributed by atoms with Crippen molar-refractivity contribution in [1.82, 2.24) is 9.78 Å². The lowest BCUT2D eigenvalue weighted by atomic mass is 10.1. The molecule has 2 N–H and O–H groups in total. The van der Waals surface area contributed by atoms with Crippen LogP contribution in [0.5, 0.6) is 0 Å². The van der Waals surface area contributed by atoms with Gasteiger partial charge in [-0.1, -0.05) is 6.07 Å². The van der Waals surface area contributed by atoms with Crippen LogP contribution in [0.4, 0.5) is 4.39 Å². The van der Waals surface area contributed by atoms with Gasteiger partial charge in [-0.05, 0) is 51.0 Å². The predicted molar refractivity (Wildman–Crippen MR) is 70.3 cm³/mol.